The predicted molar refractivity (Wildman–Crippen MR) is 104 cm³/mol. The number of nitrogens with zero attached hydrogens (tertiary/aromatic N) is 6. The molecule has 150 valence electrons. The zero-order valence-electron chi connectivity index (χ0n) is 15.9. The number of sulfone groups is 1. The van der Waals surface area contributed by atoms with Crippen molar-refractivity contribution in [3.05, 3.63) is 65.4 Å². The van der Waals surface area contributed by atoms with Gasteiger partial charge in [0.2, 0.25) is 0 Å². The van der Waals surface area contributed by atoms with Gasteiger partial charge in [0.1, 0.15) is 12.4 Å². The molecule has 11 heteroatoms. The monoisotopic (exact) mass is 421 g/mol. The first-order valence-corrected chi connectivity index (χ1v) is 10.4. The minimum atomic E-state index is -3.60. The van der Waals surface area contributed by atoms with Crippen molar-refractivity contribution >= 4 is 15.7 Å². The number of aromatic nitrogens is 4. The van der Waals surface area contributed by atoms with Crippen molar-refractivity contribution < 1.29 is 13.2 Å². The van der Waals surface area contributed by atoms with E-state index >= 15 is 0 Å². The first-order chi connectivity index (χ1) is 14.2. The standard InChI is InChI=1S/C19H15N7O3S/c1-12(18-23-11-24-26(18)17-4-3-13(8-20)10-22-17)25-19(27)15-5-14(9-21)6-16(7-15)30(2,28)29/h3-7,10-12H,1-2H3,(H,25,27)/t12-/m0/s1. The van der Waals surface area contributed by atoms with Gasteiger partial charge in [-0.2, -0.15) is 20.3 Å². The number of nitriles is 2. The maximum absolute atomic E-state index is 12.7. The fourth-order valence-electron chi connectivity index (χ4n) is 2.65. The molecule has 0 saturated carbocycles. The van der Waals surface area contributed by atoms with Crippen molar-refractivity contribution in [3.63, 3.8) is 0 Å². The smallest absolute Gasteiger partial charge is 0.251 e. The second-order valence-electron chi connectivity index (χ2n) is 6.37. The van der Waals surface area contributed by atoms with Crippen molar-refractivity contribution in [1.29, 1.82) is 10.5 Å². The normalized spacial score (nSPS) is 11.9. The van der Waals surface area contributed by atoms with Crippen LogP contribution >= 0.6 is 0 Å². The molecule has 30 heavy (non-hydrogen) atoms. The first-order valence-electron chi connectivity index (χ1n) is 8.55. The lowest BCUT2D eigenvalue weighted by Gasteiger charge is -2.15. The molecule has 1 aromatic carbocycles. The SMILES string of the molecule is C[C@H](NC(=O)c1cc(C#N)cc(S(C)(=O)=O)c1)c1ncnn1-c1ccc(C#N)cn1. The van der Waals surface area contributed by atoms with Crippen LogP contribution in [0.25, 0.3) is 5.82 Å². The fraction of sp³-hybridized carbons (Fsp3) is 0.158. The molecule has 1 N–H and O–H groups in total. The summed E-state index contributed by atoms with van der Waals surface area (Å²) in [7, 11) is -3.60. The summed E-state index contributed by atoms with van der Waals surface area (Å²) >= 11 is 0. The van der Waals surface area contributed by atoms with Gasteiger partial charge in [-0.25, -0.2) is 18.4 Å². The largest absolute Gasteiger partial charge is 0.342 e. The Balaban J connectivity index is 1.88. The summed E-state index contributed by atoms with van der Waals surface area (Å²) in [5, 5.41) is 24.8. The summed E-state index contributed by atoms with van der Waals surface area (Å²) in [5.41, 5.74) is 0.477. The molecule has 0 radical (unpaired) electrons. The highest BCUT2D eigenvalue weighted by Gasteiger charge is 2.20. The summed E-state index contributed by atoms with van der Waals surface area (Å²) in [6, 6.07) is 10.1. The van der Waals surface area contributed by atoms with Crippen LogP contribution in [0.3, 0.4) is 0 Å². The molecule has 0 aliphatic rings. The number of amides is 1. The molecule has 0 saturated heterocycles. The average molecular weight is 421 g/mol. The lowest BCUT2D eigenvalue weighted by molar-refractivity contribution is 0.0937. The van der Waals surface area contributed by atoms with Gasteiger partial charge >= 0.3 is 0 Å². The third-order valence-electron chi connectivity index (χ3n) is 4.13. The Hall–Kier alpha value is -4.09. The maximum atomic E-state index is 12.7. The number of hydrogen-bond donors (Lipinski definition) is 1. The Morgan fingerprint density at radius 3 is 2.47 bits per heavy atom. The van der Waals surface area contributed by atoms with Gasteiger partial charge in [-0.3, -0.25) is 4.79 Å². The maximum Gasteiger partial charge on any atom is 0.251 e. The van der Waals surface area contributed by atoms with Crippen LogP contribution < -0.4 is 5.32 Å². The summed E-state index contributed by atoms with van der Waals surface area (Å²) in [5.74, 6) is 0.209. The molecule has 3 aromatic rings. The van der Waals surface area contributed by atoms with Gasteiger partial charge in [0.15, 0.2) is 21.5 Å². The molecule has 0 aliphatic heterocycles. The topological polar surface area (TPSA) is 154 Å². The predicted octanol–water partition coefficient (Wildman–Crippen LogP) is 1.30. The van der Waals surface area contributed by atoms with Gasteiger partial charge in [-0.05, 0) is 37.3 Å². The van der Waals surface area contributed by atoms with Gasteiger partial charge in [0, 0.05) is 18.0 Å². The number of benzene rings is 1. The number of rotatable bonds is 5. The minimum Gasteiger partial charge on any atom is -0.342 e. The second-order valence-corrected chi connectivity index (χ2v) is 8.39. The van der Waals surface area contributed by atoms with Crippen molar-refractivity contribution in [1.82, 2.24) is 25.1 Å². The van der Waals surface area contributed by atoms with Crippen LogP contribution in [0.5, 0.6) is 0 Å². The molecule has 0 bridgehead atoms. The van der Waals surface area contributed by atoms with Crippen LogP contribution in [-0.2, 0) is 9.84 Å². The minimum absolute atomic E-state index is 0.0314. The molecule has 0 fully saturated rings. The molecule has 3 rings (SSSR count). The van der Waals surface area contributed by atoms with Crippen LogP contribution in [-0.4, -0.2) is 40.3 Å². The fourth-order valence-corrected chi connectivity index (χ4v) is 3.34. The van der Waals surface area contributed by atoms with Crippen LogP contribution in [0, 0.1) is 22.7 Å². The van der Waals surface area contributed by atoms with Crippen LogP contribution in [0.2, 0.25) is 0 Å². The zero-order valence-corrected chi connectivity index (χ0v) is 16.8. The Kier molecular flexibility index (Phi) is 5.58. The van der Waals surface area contributed by atoms with E-state index in [-0.39, 0.29) is 16.0 Å². The molecule has 0 unspecified atom stereocenters. The molecule has 0 aliphatic carbocycles. The second kappa shape index (κ2) is 8.11. The van der Waals surface area contributed by atoms with E-state index in [1.165, 1.54) is 35.4 Å². The lowest BCUT2D eigenvalue weighted by Crippen LogP contribution is -2.29. The van der Waals surface area contributed by atoms with E-state index in [1.807, 2.05) is 12.1 Å². The summed E-state index contributed by atoms with van der Waals surface area (Å²) in [4.78, 5) is 20.9. The number of nitrogens with one attached hydrogen (secondary N) is 1. The molecular formula is C19H15N7O3S. The van der Waals surface area contributed by atoms with E-state index in [9.17, 15) is 13.2 Å². The van der Waals surface area contributed by atoms with E-state index in [2.05, 4.69) is 20.4 Å². The van der Waals surface area contributed by atoms with Crippen LogP contribution in [0.4, 0.5) is 0 Å². The van der Waals surface area contributed by atoms with E-state index in [1.54, 1.807) is 19.1 Å². The van der Waals surface area contributed by atoms with Gasteiger partial charge in [-0.1, -0.05) is 0 Å². The van der Waals surface area contributed by atoms with Crippen LogP contribution in [0.15, 0.2) is 47.8 Å². The van der Waals surface area contributed by atoms with E-state index < -0.39 is 21.8 Å². The zero-order chi connectivity index (χ0) is 21.9. The quantitative estimate of drug-likeness (QED) is 0.646. The number of carbonyl (C=O) groups is 1. The number of hydrogen-bond acceptors (Lipinski definition) is 8. The van der Waals surface area contributed by atoms with Gasteiger partial charge in [0.25, 0.3) is 5.91 Å². The third kappa shape index (κ3) is 4.32. The van der Waals surface area contributed by atoms with Gasteiger partial charge in [-0.15, -0.1) is 0 Å². The Bertz CT molecular complexity index is 1300. The van der Waals surface area contributed by atoms with E-state index in [4.69, 9.17) is 10.5 Å². The van der Waals surface area contributed by atoms with Crippen molar-refractivity contribution in [2.45, 2.75) is 17.9 Å². The average Bonchev–Trinajstić information content (AvgIpc) is 3.22. The number of pyridine rings is 1. The highest BCUT2D eigenvalue weighted by Crippen LogP contribution is 2.18. The third-order valence-corrected chi connectivity index (χ3v) is 5.22. The Morgan fingerprint density at radius 1 is 1.13 bits per heavy atom. The molecule has 1 atom stereocenters. The number of carbonyl (C=O) groups excluding carboxylic acids is 1. The van der Waals surface area contributed by atoms with Crippen molar-refractivity contribution in [2.75, 3.05) is 6.26 Å². The summed E-state index contributed by atoms with van der Waals surface area (Å²) in [6.45, 7) is 1.67. The van der Waals surface area contributed by atoms with Crippen molar-refractivity contribution in [3.8, 4) is 18.0 Å². The highest BCUT2D eigenvalue weighted by molar-refractivity contribution is 7.90. The highest BCUT2D eigenvalue weighted by atomic mass is 32.2. The summed E-state index contributed by atoms with van der Waals surface area (Å²) in [6.07, 6.45) is 3.70. The van der Waals surface area contributed by atoms with E-state index in [0.29, 0.717) is 17.2 Å². The lowest BCUT2D eigenvalue weighted by atomic mass is 10.1. The molecule has 2 aromatic heterocycles. The Morgan fingerprint density at radius 2 is 1.87 bits per heavy atom. The molecular weight excluding hydrogens is 406 g/mol. The van der Waals surface area contributed by atoms with Crippen molar-refractivity contribution in [2.24, 2.45) is 0 Å². The molecule has 0 spiro atoms. The van der Waals surface area contributed by atoms with E-state index in [0.717, 1.165) is 6.26 Å². The molecule has 2 heterocycles. The van der Waals surface area contributed by atoms with Crippen LogP contribution in [0.1, 0.15) is 40.3 Å². The first kappa shape index (κ1) is 20.6. The Labute approximate surface area is 172 Å². The molecule has 1 amide bonds. The summed E-state index contributed by atoms with van der Waals surface area (Å²) < 4.78 is 25.1. The molecule has 10 nitrogen and oxygen atoms in total. The van der Waals surface area contributed by atoms with Gasteiger partial charge in [0.05, 0.1) is 28.1 Å². The van der Waals surface area contributed by atoms with Gasteiger partial charge < -0.3 is 5.32 Å².